The lowest BCUT2D eigenvalue weighted by Gasteiger charge is -2.03. The summed E-state index contributed by atoms with van der Waals surface area (Å²) in [4.78, 5) is 0. The Morgan fingerprint density at radius 1 is 1.00 bits per heavy atom. The molecule has 0 spiro atoms. The lowest BCUT2D eigenvalue weighted by molar-refractivity contribution is 0.455. The average molecular weight is 286 g/mol. The summed E-state index contributed by atoms with van der Waals surface area (Å²) < 4.78 is 6.43. The maximum atomic E-state index is 5.60. The average Bonchev–Trinajstić information content (AvgIpc) is 2.25. The van der Waals surface area contributed by atoms with Crippen LogP contribution in [0.1, 0.15) is 0 Å². The summed E-state index contributed by atoms with van der Waals surface area (Å²) in [5.41, 5.74) is 0. The zero-order valence-electron chi connectivity index (χ0n) is 7.52. The van der Waals surface area contributed by atoms with Gasteiger partial charge >= 0.3 is 0 Å². The normalized spacial score (nSPS) is 10.0. The van der Waals surface area contributed by atoms with Crippen molar-refractivity contribution in [2.45, 2.75) is 0 Å². The van der Waals surface area contributed by atoms with Crippen molar-refractivity contribution in [2.24, 2.45) is 0 Å². The Kier molecular flexibility index (Phi) is 3.18. The van der Waals surface area contributed by atoms with Crippen molar-refractivity contribution in [3.63, 3.8) is 0 Å². The van der Waals surface area contributed by atoms with Crippen LogP contribution in [0.3, 0.4) is 0 Å². The van der Waals surface area contributed by atoms with Crippen molar-refractivity contribution >= 4 is 27.5 Å². The van der Waals surface area contributed by atoms with Crippen LogP contribution in [0.25, 0.3) is 0 Å². The monoisotopic (exact) mass is 284 g/mol. The molecule has 5 heteroatoms. The summed E-state index contributed by atoms with van der Waals surface area (Å²) in [6, 6.07) is 10.7. The number of aromatic nitrogens is 2. The van der Waals surface area contributed by atoms with E-state index in [1.165, 1.54) is 0 Å². The quantitative estimate of drug-likeness (QED) is 0.844. The SMILES string of the molecule is Clc1ccc(Oc2ccc(Br)cc2)nn1. The standard InChI is InChI=1S/C10H6BrClN2O/c11-7-1-3-8(4-2-7)15-10-6-5-9(12)13-14-10/h1-6H. The van der Waals surface area contributed by atoms with Crippen LogP contribution in [0.2, 0.25) is 5.15 Å². The van der Waals surface area contributed by atoms with E-state index in [-0.39, 0.29) is 0 Å². The first-order valence-corrected chi connectivity index (χ1v) is 5.34. The smallest absolute Gasteiger partial charge is 0.238 e. The van der Waals surface area contributed by atoms with Gasteiger partial charge in [0.2, 0.25) is 5.88 Å². The zero-order chi connectivity index (χ0) is 10.7. The number of halogens is 2. The minimum absolute atomic E-state index is 0.346. The molecule has 0 N–H and O–H groups in total. The van der Waals surface area contributed by atoms with Crippen LogP contribution in [0.5, 0.6) is 11.6 Å². The molecule has 1 heterocycles. The van der Waals surface area contributed by atoms with Crippen molar-refractivity contribution in [3.05, 3.63) is 46.0 Å². The summed E-state index contributed by atoms with van der Waals surface area (Å²) in [6.45, 7) is 0. The second-order valence-electron chi connectivity index (χ2n) is 2.75. The lowest BCUT2D eigenvalue weighted by atomic mass is 10.3. The molecule has 0 amide bonds. The highest BCUT2D eigenvalue weighted by atomic mass is 79.9. The van der Waals surface area contributed by atoms with Gasteiger partial charge in [-0.25, -0.2) is 0 Å². The summed E-state index contributed by atoms with van der Waals surface area (Å²) >= 11 is 8.94. The van der Waals surface area contributed by atoms with Crippen LogP contribution >= 0.6 is 27.5 Å². The van der Waals surface area contributed by atoms with E-state index < -0.39 is 0 Å². The van der Waals surface area contributed by atoms with Gasteiger partial charge in [-0.2, -0.15) is 0 Å². The molecule has 3 nitrogen and oxygen atoms in total. The van der Waals surface area contributed by atoms with Crippen LogP contribution in [0.4, 0.5) is 0 Å². The molecule has 0 fully saturated rings. The molecule has 1 aromatic heterocycles. The Balaban J connectivity index is 2.15. The molecule has 76 valence electrons. The molecule has 2 aromatic rings. The summed E-state index contributed by atoms with van der Waals surface area (Å²) in [5.74, 6) is 1.12. The molecule has 2 rings (SSSR count). The fourth-order valence-electron chi connectivity index (χ4n) is 0.982. The van der Waals surface area contributed by atoms with Gasteiger partial charge in [0, 0.05) is 10.5 Å². The van der Waals surface area contributed by atoms with E-state index in [4.69, 9.17) is 16.3 Å². The van der Waals surface area contributed by atoms with E-state index >= 15 is 0 Å². The zero-order valence-corrected chi connectivity index (χ0v) is 9.86. The van der Waals surface area contributed by atoms with Crippen molar-refractivity contribution in [3.8, 4) is 11.6 Å². The summed E-state index contributed by atoms with van der Waals surface area (Å²) in [6.07, 6.45) is 0. The third-order valence-electron chi connectivity index (χ3n) is 1.64. The first kappa shape index (κ1) is 10.4. The molecule has 0 aliphatic heterocycles. The van der Waals surface area contributed by atoms with Crippen molar-refractivity contribution in [1.29, 1.82) is 0 Å². The number of hydrogen-bond acceptors (Lipinski definition) is 3. The number of ether oxygens (including phenoxy) is 1. The van der Waals surface area contributed by atoms with E-state index in [2.05, 4.69) is 26.1 Å². The molecular weight excluding hydrogens is 279 g/mol. The van der Waals surface area contributed by atoms with Gasteiger partial charge in [-0.15, -0.1) is 10.2 Å². The van der Waals surface area contributed by atoms with E-state index in [0.29, 0.717) is 16.8 Å². The number of rotatable bonds is 2. The lowest BCUT2D eigenvalue weighted by Crippen LogP contribution is -1.89. The van der Waals surface area contributed by atoms with Crippen molar-refractivity contribution in [2.75, 3.05) is 0 Å². The van der Waals surface area contributed by atoms with Crippen molar-refractivity contribution < 1.29 is 4.74 Å². The van der Waals surface area contributed by atoms with Crippen LogP contribution < -0.4 is 4.74 Å². The molecule has 0 aliphatic carbocycles. The minimum Gasteiger partial charge on any atom is -0.438 e. The van der Waals surface area contributed by atoms with E-state index in [9.17, 15) is 0 Å². The van der Waals surface area contributed by atoms with Gasteiger partial charge < -0.3 is 4.74 Å². The molecule has 0 saturated carbocycles. The van der Waals surface area contributed by atoms with Gasteiger partial charge in [0.1, 0.15) is 5.75 Å². The highest BCUT2D eigenvalue weighted by Gasteiger charge is 1.99. The van der Waals surface area contributed by atoms with Crippen LogP contribution in [-0.4, -0.2) is 10.2 Å². The molecule has 0 atom stereocenters. The van der Waals surface area contributed by atoms with Crippen LogP contribution in [0, 0.1) is 0 Å². The highest BCUT2D eigenvalue weighted by molar-refractivity contribution is 9.10. The molecular formula is C10H6BrClN2O. The van der Waals surface area contributed by atoms with Gasteiger partial charge in [-0.05, 0) is 30.3 Å². The first-order valence-electron chi connectivity index (χ1n) is 4.17. The maximum Gasteiger partial charge on any atom is 0.238 e. The largest absolute Gasteiger partial charge is 0.438 e. The molecule has 0 aliphatic rings. The third kappa shape index (κ3) is 2.91. The molecule has 0 radical (unpaired) electrons. The number of nitrogens with zero attached hydrogens (tertiary/aromatic N) is 2. The molecule has 0 bridgehead atoms. The van der Waals surface area contributed by atoms with Gasteiger partial charge in [-0.3, -0.25) is 0 Å². The molecule has 0 saturated heterocycles. The predicted molar refractivity (Wildman–Crippen MR) is 61.3 cm³/mol. The van der Waals surface area contributed by atoms with E-state index in [1.807, 2.05) is 24.3 Å². The highest BCUT2D eigenvalue weighted by Crippen LogP contribution is 2.21. The van der Waals surface area contributed by atoms with Crippen molar-refractivity contribution in [1.82, 2.24) is 10.2 Å². The van der Waals surface area contributed by atoms with Crippen LogP contribution in [-0.2, 0) is 0 Å². The second kappa shape index (κ2) is 4.59. The topological polar surface area (TPSA) is 35.0 Å². The fraction of sp³-hybridized carbons (Fsp3) is 0. The second-order valence-corrected chi connectivity index (χ2v) is 4.05. The first-order chi connectivity index (χ1) is 7.24. The minimum atomic E-state index is 0.346. The van der Waals surface area contributed by atoms with Gasteiger partial charge in [0.15, 0.2) is 5.15 Å². The van der Waals surface area contributed by atoms with E-state index in [0.717, 1.165) is 4.47 Å². The fourth-order valence-corrected chi connectivity index (χ4v) is 1.35. The Bertz CT molecular complexity index is 400. The Morgan fingerprint density at radius 2 is 1.73 bits per heavy atom. The Hall–Kier alpha value is -1.13. The maximum absolute atomic E-state index is 5.60. The molecule has 0 unspecified atom stereocenters. The van der Waals surface area contributed by atoms with Gasteiger partial charge in [0.25, 0.3) is 0 Å². The Labute approximate surface area is 100 Å². The van der Waals surface area contributed by atoms with Gasteiger partial charge in [-0.1, -0.05) is 27.5 Å². The number of hydrogen-bond donors (Lipinski definition) is 0. The molecule has 15 heavy (non-hydrogen) atoms. The summed E-state index contributed by atoms with van der Waals surface area (Å²) in [5, 5.41) is 7.80. The van der Waals surface area contributed by atoms with Crippen LogP contribution in [0.15, 0.2) is 40.9 Å². The van der Waals surface area contributed by atoms with Gasteiger partial charge in [0.05, 0.1) is 0 Å². The Morgan fingerprint density at radius 3 is 2.33 bits per heavy atom. The predicted octanol–water partition coefficient (Wildman–Crippen LogP) is 3.68. The number of benzene rings is 1. The third-order valence-corrected chi connectivity index (χ3v) is 2.37. The summed E-state index contributed by atoms with van der Waals surface area (Å²) in [7, 11) is 0. The molecule has 1 aromatic carbocycles. The van der Waals surface area contributed by atoms with E-state index in [1.54, 1.807) is 12.1 Å².